The van der Waals surface area contributed by atoms with Gasteiger partial charge in [0.2, 0.25) is 0 Å². The zero-order chi connectivity index (χ0) is 21.6. The molecule has 0 spiro atoms. The van der Waals surface area contributed by atoms with E-state index in [0.717, 1.165) is 5.56 Å². The Morgan fingerprint density at radius 3 is 2.30 bits per heavy atom. The Kier molecular flexibility index (Phi) is 6.79. The highest BCUT2D eigenvalue weighted by Crippen LogP contribution is 2.30. The molecule has 158 valence electrons. The maximum Gasteiger partial charge on any atom is 0.257 e. The standard InChI is InChI=1S/C22H23NO6S/c1-16-5-7-18(8-6-16)29-15-22(24)23-14-21(20-4-3-13-28-20)30(25,26)19-11-9-17(27-2)10-12-19/h3-13,21H,14-15H2,1-2H3,(H,23,24)/t21-/m0/s1. The van der Waals surface area contributed by atoms with Crippen molar-refractivity contribution in [3.05, 3.63) is 78.3 Å². The van der Waals surface area contributed by atoms with Crippen LogP contribution in [0.25, 0.3) is 0 Å². The smallest absolute Gasteiger partial charge is 0.257 e. The van der Waals surface area contributed by atoms with E-state index in [1.54, 1.807) is 36.4 Å². The molecule has 3 aromatic rings. The Balaban J connectivity index is 1.69. The summed E-state index contributed by atoms with van der Waals surface area (Å²) in [6.45, 7) is 1.57. The fourth-order valence-electron chi connectivity index (χ4n) is 2.81. The van der Waals surface area contributed by atoms with Gasteiger partial charge in [-0.05, 0) is 55.5 Å². The van der Waals surface area contributed by atoms with Gasteiger partial charge in [0.25, 0.3) is 5.91 Å². The summed E-state index contributed by atoms with van der Waals surface area (Å²) in [6.07, 6.45) is 1.40. The number of furan rings is 1. The molecule has 7 nitrogen and oxygen atoms in total. The summed E-state index contributed by atoms with van der Waals surface area (Å²) in [5.74, 6) is 0.914. The molecule has 1 amide bonds. The third kappa shape index (κ3) is 5.21. The van der Waals surface area contributed by atoms with E-state index in [9.17, 15) is 13.2 Å². The second kappa shape index (κ2) is 9.49. The number of carbonyl (C=O) groups excluding carboxylic acids is 1. The van der Waals surface area contributed by atoms with E-state index < -0.39 is 21.0 Å². The van der Waals surface area contributed by atoms with Crippen molar-refractivity contribution in [1.82, 2.24) is 5.32 Å². The summed E-state index contributed by atoms with van der Waals surface area (Å²) >= 11 is 0. The highest BCUT2D eigenvalue weighted by atomic mass is 32.2. The molecular formula is C22H23NO6S. The topological polar surface area (TPSA) is 94.8 Å². The molecule has 1 aromatic heterocycles. The summed E-state index contributed by atoms with van der Waals surface area (Å²) in [5, 5.41) is 1.54. The summed E-state index contributed by atoms with van der Waals surface area (Å²) in [5.41, 5.74) is 1.08. The molecule has 0 bridgehead atoms. The quantitative estimate of drug-likeness (QED) is 0.561. The molecule has 0 fully saturated rings. The van der Waals surface area contributed by atoms with Gasteiger partial charge >= 0.3 is 0 Å². The summed E-state index contributed by atoms with van der Waals surface area (Å²) in [7, 11) is -2.32. The summed E-state index contributed by atoms with van der Waals surface area (Å²) < 4.78 is 42.2. The largest absolute Gasteiger partial charge is 0.497 e. The van der Waals surface area contributed by atoms with Crippen molar-refractivity contribution in [2.75, 3.05) is 20.3 Å². The van der Waals surface area contributed by atoms with Gasteiger partial charge in [-0.2, -0.15) is 0 Å². The lowest BCUT2D eigenvalue weighted by atomic mass is 10.2. The van der Waals surface area contributed by atoms with Gasteiger partial charge in [0.15, 0.2) is 16.4 Å². The van der Waals surface area contributed by atoms with Crippen LogP contribution in [0.3, 0.4) is 0 Å². The van der Waals surface area contributed by atoms with Crippen molar-refractivity contribution in [2.45, 2.75) is 17.1 Å². The van der Waals surface area contributed by atoms with Crippen LogP contribution in [-0.4, -0.2) is 34.6 Å². The SMILES string of the molecule is COc1ccc(S(=O)(=O)[C@@H](CNC(=O)COc2ccc(C)cc2)c2ccco2)cc1. The molecule has 1 atom stereocenters. The lowest BCUT2D eigenvalue weighted by Gasteiger charge is -2.17. The molecular weight excluding hydrogens is 406 g/mol. The van der Waals surface area contributed by atoms with E-state index in [1.807, 2.05) is 19.1 Å². The normalized spacial score (nSPS) is 12.2. The average molecular weight is 429 g/mol. The van der Waals surface area contributed by atoms with Gasteiger partial charge < -0.3 is 19.2 Å². The van der Waals surface area contributed by atoms with E-state index >= 15 is 0 Å². The highest BCUT2D eigenvalue weighted by Gasteiger charge is 2.32. The lowest BCUT2D eigenvalue weighted by Crippen LogP contribution is -2.34. The Bertz CT molecular complexity index is 1060. The predicted molar refractivity (Wildman–Crippen MR) is 111 cm³/mol. The van der Waals surface area contributed by atoms with Crippen LogP contribution >= 0.6 is 0 Å². The third-order valence-corrected chi connectivity index (χ3v) is 6.58. The zero-order valence-electron chi connectivity index (χ0n) is 16.7. The number of hydrogen-bond donors (Lipinski definition) is 1. The monoisotopic (exact) mass is 429 g/mol. The van der Waals surface area contributed by atoms with E-state index in [0.29, 0.717) is 11.5 Å². The number of benzene rings is 2. The van der Waals surface area contributed by atoms with E-state index in [-0.39, 0.29) is 23.8 Å². The minimum Gasteiger partial charge on any atom is -0.497 e. The van der Waals surface area contributed by atoms with Gasteiger partial charge in [-0.1, -0.05) is 17.7 Å². The fraction of sp³-hybridized carbons (Fsp3) is 0.227. The maximum atomic E-state index is 13.2. The average Bonchev–Trinajstić information content (AvgIpc) is 3.27. The Hall–Kier alpha value is -3.26. The number of sulfone groups is 1. The van der Waals surface area contributed by atoms with Crippen molar-refractivity contribution in [3.8, 4) is 11.5 Å². The molecule has 0 aliphatic carbocycles. The number of carbonyl (C=O) groups is 1. The molecule has 0 saturated carbocycles. The molecule has 2 aromatic carbocycles. The Morgan fingerprint density at radius 1 is 1.03 bits per heavy atom. The molecule has 1 heterocycles. The Labute approximate surface area is 175 Å². The van der Waals surface area contributed by atoms with E-state index in [2.05, 4.69) is 5.32 Å². The maximum absolute atomic E-state index is 13.2. The summed E-state index contributed by atoms with van der Waals surface area (Å²) in [4.78, 5) is 12.3. The van der Waals surface area contributed by atoms with Gasteiger partial charge in [-0.25, -0.2) is 8.42 Å². The van der Waals surface area contributed by atoms with Crippen molar-refractivity contribution in [3.63, 3.8) is 0 Å². The molecule has 0 radical (unpaired) electrons. The van der Waals surface area contributed by atoms with Crippen molar-refractivity contribution in [2.24, 2.45) is 0 Å². The first-order valence-corrected chi connectivity index (χ1v) is 10.8. The first-order valence-electron chi connectivity index (χ1n) is 9.27. The van der Waals surface area contributed by atoms with Gasteiger partial charge in [0.05, 0.1) is 18.3 Å². The molecule has 0 aliphatic heterocycles. The minimum atomic E-state index is -3.82. The summed E-state index contributed by atoms with van der Waals surface area (Å²) in [6, 6.07) is 16.5. The minimum absolute atomic E-state index is 0.106. The fourth-order valence-corrected chi connectivity index (χ4v) is 4.39. The number of rotatable bonds is 9. The number of hydrogen-bond acceptors (Lipinski definition) is 6. The van der Waals surface area contributed by atoms with Crippen LogP contribution in [0.1, 0.15) is 16.6 Å². The van der Waals surface area contributed by atoms with E-state index in [1.165, 1.54) is 25.5 Å². The third-order valence-electron chi connectivity index (χ3n) is 4.50. The number of ether oxygens (including phenoxy) is 2. The van der Waals surface area contributed by atoms with Crippen molar-refractivity contribution in [1.29, 1.82) is 0 Å². The van der Waals surface area contributed by atoms with Crippen LogP contribution < -0.4 is 14.8 Å². The number of nitrogens with one attached hydrogen (secondary N) is 1. The van der Waals surface area contributed by atoms with Gasteiger partial charge in [-0.3, -0.25) is 4.79 Å². The van der Waals surface area contributed by atoms with Crippen LogP contribution in [0, 0.1) is 6.92 Å². The second-order valence-electron chi connectivity index (χ2n) is 6.63. The number of aryl methyl sites for hydroxylation is 1. The zero-order valence-corrected chi connectivity index (χ0v) is 17.5. The predicted octanol–water partition coefficient (Wildman–Crippen LogP) is 3.31. The van der Waals surface area contributed by atoms with Gasteiger partial charge in [0, 0.05) is 6.54 Å². The lowest BCUT2D eigenvalue weighted by molar-refractivity contribution is -0.123. The molecule has 8 heteroatoms. The first-order chi connectivity index (χ1) is 14.4. The number of amides is 1. The van der Waals surface area contributed by atoms with Crippen LogP contribution in [0.4, 0.5) is 0 Å². The van der Waals surface area contributed by atoms with Crippen molar-refractivity contribution >= 4 is 15.7 Å². The van der Waals surface area contributed by atoms with Crippen LogP contribution in [0.15, 0.2) is 76.2 Å². The van der Waals surface area contributed by atoms with Crippen LogP contribution in [-0.2, 0) is 14.6 Å². The number of methoxy groups -OCH3 is 1. The molecule has 0 unspecified atom stereocenters. The van der Waals surface area contributed by atoms with Gasteiger partial charge in [-0.15, -0.1) is 0 Å². The van der Waals surface area contributed by atoms with Crippen LogP contribution in [0.2, 0.25) is 0 Å². The Morgan fingerprint density at radius 2 is 1.70 bits per heavy atom. The first kappa shape index (κ1) is 21.4. The van der Waals surface area contributed by atoms with Crippen LogP contribution in [0.5, 0.6) is 11.5 Å². The molecule has 1 N–H and O–H groups in total. The molecule has 0 aliphatic rings. The van der Waals surface area contributed by atoms with Crippen molar-refractivity contribution < 1.29 is 27.1 Å². The molecule has 0 saturated heterocycles. The van der Waals surface area contributed by atoms with Gasteiger partial charge in [0.1, 0.15) is 22.5 Å². The second-order valence-corrected chi connectivity index (χ2v) is 8.76. The van der Waals surface area contributed by atoms with E-state index in [4.69, 9.17) is 13.9 Å². The molecule has 30 heavy (non-hydrogen) atoms. The molecule has 3 rings (SSSR count). The highest BCUT2D eigenvalue weighted by molar-refractivity contribution is 7.91.